The van der Waals surface area contributed by atoms with Gasteiger partial charge >= 0.3 is 5.97 Å². The lowest BCUT2D eigenvalue weighted by atomic mass is 10.1. The highest BCUT2D eigenvalue weighted by molar-refractivity contribution is 5.71. The monoisotopic (exact) mass is 237 g/mol. The van der Waals surface area contributed by atoms with Gasteiger partial charge in [-0.15, -0.1) is 0 Å². The first-order valence-electron chi connectivity index (χ1n) is 5.75. The van der Waals surface area contributed by atoms with E-state index >= 15 is 0 Å². The molecule has 0 aliphatic carbocycles. The second kappa shape index (κ2) is 6.91. The normalized spacial score (nSPS) is 10.1. The predicted molar refractivity (Wildman–Crippen MR) is 66.1 cm³/mol. The van der Waals surface area contributed by atoms with E-state index in [1.54, 1.807) is 6.92 Å². The summed E-state index contributed by atoms with van der Waals surface area (Å²) in [5.74, 6) is 0.348. The molecule has 4 nitrogen and oxygen atoms in total. The Labute approximate surface area is 102 Å². The second-order valence-corrected chi connectivity index (χ2v) is 3.74. The van der Waals surface area contributed by atoms with E-state index in [1.165, 1.54) is 0 Å². The minimum Gasteiger partial charge on any atom is -0.482 e. The summed E-state index contributed by atoms with van der Waals surface area (Å²) in [5, 5.41) is 0. The van der Waals surface area contributed by atoms with E-state index in [0.29, 0.717) is 18.9 Å². The van der Waals surface area contributed by atoms with E-state index in [2.05, 4.69) is 0 Å². The molecule has 0 saturated heterocycles. The van der Waals surface area contributed by atoms with Crippen LogP contribution in [0, 0.1) is 6.92 Å². The maximum Gasteiger partial charge on any atom is 0.344 e. The smallest absolute Gasteiger partial charge is 0.344 e. The third-order valence-electron chi connectivity index (χ3n) is 2.28. The van der Waals surface area contributed by atoms with Crippen molar-refractivity contribution in [2.45, 2.75) is 20.3 Å². The van der Waals surface area contributed by atoms with E-state index in [9.17, 15) is 4.79 Å². The molecule has 2 N–H and O–H groups in total. The molecular formula is C13H19NO3. The van der Waals surface area contributed by atoms with Crippen LogP contribution in [-0.2, 0) is 16.0 Å². The Hall–Kier alpha value is -1.55. The minimum atomic E-state index is -0.355. The summed E-state index contributed by atoms with van der Waals surface area (Å²) in [7, 11) is 0. The van der Waals surface area contributed by atoms with Gasteiger partial charge in [0, 0.05) is 0 Å². The number of aryl methyl sites for hydroxylation is 1. The quantitative estimate of drug-likeness (QED) is 0.760. The van der Waals surface area contributed by atoms with Gasteiger partial charge in [0.1, 0.15) is 5.75 Å². The molecule has 0 amide bonds. The SMILES string of the molecule is CCOC(=O)COc1ccc(C)cc1CCN. The van der Waals surface area contributed by atoms with Gasteiger partial charge in [-0.05, 0) is 38.4 Å². The highest BCUT2D eigenvalue weighted by Gasteiger charge is 2.07. The molecule has 1 rings (SSSR count). The van der Waals surface area contributed by atoms with Crippen molar-refractivity contribution in [1.82, 2.24) is 0 Å². The van der Waals surface area contributed by atoms with Crippen LogP contribution in [0.5, 0.6) is 5.75 Å². The molecule has 1 aromatic carbocycles. The summed E-state index contributed by atoms with van der Waals surface area (Å²) in [6.07, 6.45) is 0.736. The van der Waals surface area contributed by atoms with Gasteiger partial charge in [-0.1, -0.05) is 17.7 Å². The molecule has 0 heterocycles. The molecule has 0 aliphatic heterocycles. The van der Waals surface area contributed by atoms with E-state index in [1.807, 2.05) is 25.1 Å². The molecule has 0 aliphatic rings. The first kappa shape index (κ1) is 13.5. The first-order chi connectivity index (χ1) is 8.17. The largest absolute Gasteiger partial charge is 0.482 e. The summed E-state index contributed by atoms with van der Waals surface area (Å²) in [6, 6.07) is 5.83. The maximum atomic E-state index is 11.2. The van der Waals surface area contributed by atoms with Gasteiger partial charge in [-0.3, -0.25) is 0 Å². The summed E-state index contributed by atoms with van der Waals surface area (Å²) >= 11 is 0. The van der Waals surface area contributed by atoms with E-state index < -0.39 is 0 Å². The Morgan fingerprint density at radius 2 is 2.18 bits per heavy atom. The van der Waals surface area contributed by atoms with Crippen LogP contribution in [0.2, 0.25) is 0 Å². The number of hydrogen-bond donors (Lipinski definition) is 1. The molecule has 17 heavy (non-hydrogen) atoms. The number of benzene rings is 1. The summed E-state index contributed by atoms with van der Waals surface area (Å²) < 4.78 is 10.2. The third kappa shape index (κ3) is 4.44. The molecular weight excluding hydrogens is 218 g/mol. The molecule has 0 aromatic heterocycles. The molecule has 0 atom stereocenters. The maximum absolute atomic E-state index is 11.2. The van der Waals surface area contributed by atoms with Crippen molar-refractivity contribution in [2.24, 2.45) is 5.73 Å². The van der Waals surface area contributed by atoms with Gasteiger partial charge in [-0.25, -0.2) is 4.79 Å². The van der Waals surface area contributed by atoms with Crippen LogP contribution >= 0.6 is 0 Å². The molecule has 1 aromatic rings. The number of carbonyl (C=O) groups excluding carboxylic acids is 1. The Bertz CT molecular complexity index is 377. The van der Waals surface area contributed by atoms with E-state index in [4.69, 9.17) is 15.2 Å². The van der Waals surface area contributed by atoms with E-state index in [-0.39, 0.29) is 12.6 Å². The van der Waals surface area contributed by atoms with Gasteiger partial charge in [0.05, 0.1) is 6.61 Å². The molecule has 0 fully saturated rings. The van der Waals surface area contributed by atoms with Crippen molar-refractivity contribution < 1.29 is 14.3 Å². The number of carbonyl (C=O) groups is 1. The van der Waals surface area contributed by atoms with Gasteiger partial charge in [0.25, 0.3) is 0 Å². The lowest BCUT2D eigenvalue weighted by Gasteiger charge is -2.11. The van der Waals surface area contributed by atoms with Crippen LogP contribution in [-0.4, -0.2) is 25.7 Å². The Balaban J connectivity index is 2.66. The van der Waals surface area contributed by atoms with Gasteiger partial charge in [-0.2, -0.15) is 0 Å². The molecule has 0 spiro atoms. The average molecular weight is 237 g/mol. The first-order valence-corrected chi connectivity index (χ1v) is 5.75. The lowest BCUT2D eigenvalue weighted by Crippen LogP contribution is -2.15. The van der Waals surface area contributed by atoms with Gasteiger partial charge in [0.2, 0.25) is 0 Å². The van der Waals surface area contributed by atoms with Crippen LogP contribution < -0.4 is 10.5 Å². The van der Waals surface area contributed by atoms with Crippen LogP contribution in [0.15, 0.2) is 18.2 Å². The fourth-order valence-electron chi connectivity index (χ4n) is 1.54. The topological polar surface area (TPSA) is 61.5 Å². The van der Waals surface area contributed by atoms with Crippen LogP contribution in [0.4, 0.5) is 0 Å². The van der Waals surface area contributed by atoms with E-state index in [0.717, 1.165) is 17.5 Å². The zero-order valence-electron chi connectivity index (χ0n) is 10.4. The standard InChI is InChI=1S/C13H19NO3/c1-3-16-13(15)9-17-12-5-4-10(2)8-11(12)6-7-14/h4-5,8H,3,6-7,9,14H2,1-2H3. The fourth-order valence-corrected chi connectivity index (χ4v) is 1.54. The molecule has 0 bridgehead atoms. The Morgan fingerprint density at radius 3 is 2.82 bits per heavy atom. The third-order valence-corrected chi connectivity index (χ3v) is 2.28. The number of nitrogens with two attached hydrogens (primary N) is 1. The lowest BCUT2D eigenvalue weighted by molar-refractivity contribution is -0.145. The van der Waals surface area contributed by atoms with Crippen molar-refractivity contribution in [3.63, 3.8) is 0 Å². The number of rotatable bonds is 6. The fraction of sp³-hybridized carbons (Fsp3) is 0.462. The Morgan fingerprint density at radius 1 is 1.41 bits per heavy atom. The highest BCUT2D eigenvalue weighted by atomic mass is 16.6. The van der Waals surface area contributed by atoms with Crippen molar-refractivity contribution in [3.05, 3.63) is 29.3 Å². The number of ether oxygens (including phenoxy) is 2. The molecule has 94 valence electrons. The van der Waals surface area contributed by atoms with Crippen LogP contribution in [0.25, 0.3) is 0 Å². The van der Waals surface area contributed by atoms with Crippen molar-refractivity contribution in [1.29, 1.82) is 0 Å². The van der Waals surface area contributed by atoms with Crippen molar-refractivity contribution in [3.8, 4) is 5.75 Å². The second-order valence-electron chi connectivity index (χ2n) is 3.74. The molecule has 0 radical (unpaired) electrons. The minimum absolute atomic E-state index is 0.0610. The predicted octanol–water partition coefficient (Wildman–Crippen LogP) is 1.44. The average Bonchev–Trinajstić information content (AvgIpc) is 2.29. The zero-order valence-corrected chi connectivity index (χ0v) is 10.4. The zero-order chi connectivity index (χ0) is 12.7. The summed E-state index contributed by atoms with van der Waals surface area (Å²) in [5.41, 5.74) is 7.71. The Kier molecular flexibility index (Phi) is 5.49. The molecule has 4 heteroatoms. The highest BCUT2D eigenvalue weighted by Crippen LogP contribution is 2.20. The van der Waals surface area contributed by atoms with Crippen molar-refractivity contribution in [2.75, 3.05) is 19.8 Å². The molecule has 0 unspecified atom stereocenters. The van der Waals surface area contributed by atoms with Gasteiger partial charge < -0.3 is 15.2 Å². The molecule has 0 saturated carbocycles. The van der Waals surface area contributed by atoms with Gasteiger partial charge in [0.15, 0.2) is 6.61 Å². The summed E-state index contributed by atoms with van der Waals surface area (Å²) in [6.45, 7) is 4.64. The van der Waals surface area contributed by atoms with Crippen molar-refractivity contribution >= 4 is 5.97 Å². The number of hydrogen-bond acceptors (Lipinski definition) is 4. The van der Waals surface area contributed by atoms with Crippen LogP contribution in [0.3, 0.4) is 0 Å². The van der Waals surface area contributed by atoms with Crippen LogP contribution in [0.1, 0.15) is 18.1 Å². The number of esters is 1. The summed E-state index contributed by atoms with van der Waals surface area (Å²) in [4.78, 5) is 11.2.